The predicted molar refractivity (Wildman–Crippen MR) is 57.9 cm³/mol. The molecule has 0 radical (unpaired) electrons. The highest BCUT2D eigenvalue weighted by Gasteiger charge is 2.17. The van der Waals surface area contributed by atoms with Crippen LogP contribution in [0, 0.1) is 0 Å². The van der Waals surface area contributed by atoms with Crippen molar-refractivity contribution in [2.75, 3.05) is 6.61 Å². The summed E-state index contributed by atoms with van der Waals surface area (Å²) in [5, 5.41) is 0.751. The summed E-state index contributed by atoms with van der Waals surface area (Å²) in [5.41, 5.74) is 8.08. The Bertz CT molecular complexity index is 349. The van der Waals surface area contributed by atoms with Crippen LogP contribution in [0.2, 0.25) is 5.02 Å². The molecule has 1 aliphatic heterocycles. The number of benzene rings is 1. The fraction of sp³-hybridized carbons (Fsp3) is 0.455. The summed E-state index contributed by atoms with van der Waals surface area (Å²) in [5.74, 6) is 0.954. The van der Waals surface area contributed by atoms with Crippen LogP contribution in [0.1, 0.15) is 30.5 Å². The topological polar surface area (TPSA) is 35.2 Å². The van der Waals surface area contributed by atoms with Crippen molar-refractivity contribution in [3.63, 3.8) is 0 Å². The number of aryl methyl sites for hydroxylation is 1. The second-order valence-electron chi connectivity index (χ2n) is 3.72. The summed E-state index contributed by atoms with van der Waals surface area (Å²) in [7, 11) is 0. The van der Waals surface area contributed by atoms with Gasteiger partial charge in [0.2, 0.25) is 0 Å². The molecule has 0 fully saturated rings. The number of hydrogen-bond acceptors (Lipinski definition) is 2. The van der Waals surface area contributed by atoms with E-state index >= 15 is 0 Å². The first-order valence-corrected chi connectivity index (χ1v) is 5.27. The number of ether oxygens (including phenoxy) is 1. The van der Waals surface area contributed by atoms with Gasteiger partial charge in [-0.25, -0.2) is 0 Å². The summed E-state index contributed by atoms with van der Waals surface area (Å²) in [6.45, 7) is 2.73. The molecule has 0 bridgehead atoms. The highest BCUT2D eigenvalue weighted by atomic mass is 35.5. The smallest absolute Gasteiger partial charge is 0.127 e. The minimum atomic E-state index is -0.0273. The zero-order valence-corrected chi connectivity index (χ0v) is 8.97. The molecule has 2 nitrogen and oxygen atoms in total. The molecule has 1 atom stereocenters. The molecule has 1 unspecified atom stereocenters. The number of hydrogen-bond donors (Lipinski definition) is 1. The molecular formula is C11H14ClNO. The molecule has 0 amide bonds. The molecule has 2 rings (SSSR count). The molecule has 0 saturated carbocycles. The lowest BCUT2D eigenvalue weighted by Gasteiger charge is -2.22. The Labute approximate surface area is 89.0 Å². The molecule has 0 spiro atoms. The summed E-state index contributed by atoms with van der Waals surface area (Å²) >= 11 is 6.01. The van der Waals surface area contributed by atoms with Crippen LogP contribution >= 0.6 is 11.6 Å². The van der Waals surface area contributed by atoms with Gasteiger partial charge < -0.3 is 10.5 Å². The Morgan fingerprint density at radius 3 is 3.00 bits per heavy atom. The highest BCUT2D eigenvalue weighted by Crippen LogP contribution is 2.34. The molecule has 3 heteroatoms. The summed E-state index contributed by atoms with van der Waals surface area (Å²) in [4.78, 5) is 0. The van der Waals surface area contributed by atoms with E-state index in [1.807, 2.05) is 19.1 Å². The number of halogens is 1. The largest absolute Gasteiger partial charge is 0.493 e. The molecule has 1 aliphatic rings. The van der Waals surface area contributed by atoms with Gasteiger partial charge in [0.05, 0.1) is 6.61 Å². The average Bonchev–Trinajstić information content (AvgIpc) is 2.16. The van der Waals surface area contributed by atoms with Crippen LogP contribution in [0.4, 0.5) is 0 Å². The molecule has 0 aromatic heterocycles. The predicted octanol–water partition coefficient (Wildman–Crippen LogP) is 2.68. The van der Waals surface area contributed by atoms with E-state index in [-0.39, 0.29) is 6.04 Å². The van der Waals surface area contributed by atoms with E-state index < -0.39 is 0 Å². The summed E-state index contributed by atoms with van der Waals surface area (Å²) in [6, 6.07) is 3.85. The molecule has 0 aliphatic carbocycles. The van der Waals surface area contributed by atoms with Crippen molar-refractivity contribution >= 4 is 11.6 Å². The van der Waals surface area contributed by atoms with Gasteiger partial charge >= 0.3 is 0 Å². The van der Waals surface area contributed by atoms with Crippen molar-refractivity contribution in [1.29, 1.82) is 0 Å². The molecule has 2 N–H and O–H groups in total. The SMILES string of the molecule is CC(N)c1cc(Cl)cc2c1OCCC2. The van der Waals surface area contributed by atoms with Gasteiger partial charge in [-0.15, -0.1) is 0 Å². The third-order valence-electron chi connectivity index (χ3n) is 2.49. The molecular weight excluding hydrogens is 198 g/mol. The monoisotopic (exact) mass is 211 g/mol. The van der Waals surface area contributed by atoms with Crippen LogP contribution in [0.5, 0.6) is 5.75 Å². The van der Waals surface area contributed by atoms with E-state index in [0.717, 1.165) is 35.8 Å². The molecule has 1 aromatic carbocycles. The van der Waals surface area contributed by atoms with Crippen LogP contribution in [-0.4, -0.2) is 6.61 Å². The molecule has 1 aromatic rings. The Morgan fingerprint density at radius 1 is 1.50 bits per heavy atom. The van der Waals surface area contributed by atoms with Gasteiger partial charge in [-0.2, -0.15) is 0 Å². The van der Waals surface area contributed by atoms with Crippen LogP contribution < -0.4 is 10.5 Å². The number of fused-ring (bicyclic) bond motifs is 1. The lowest BCUT2D eigenvalue weighted by atomic mass is 9.99. The van der Waals surface area contributed by atoms with Crippen molar-refractivity contribution in [3.8, 4) is 5.75 Å². The zero-order valence-electron chi connectivity index (χ0n) is 8.22. The minimum absolute atomic E-state index is 0.0273. The Kier molecular flexibility index (Phi) is 2.66. The maximum absolute atomic E-state index is 6.01. The zero-order chi connectivity index (χ0) is 10.1. The van der Waals surface area contributed by atoms with Gasteiger partial charge in [-0.3, -0.25) is 0 Å². The van der Waals surface area contributed by atoms with Gasteiger partial charge in [0.25, 0.3) is 0 Å². The third kappa shape index (κ3) is 1.72. The fourth-order valence-electron chi connectivity index (χ4n) is 1.81. The molecule has 1 heterocycles. The number of nitrogens with two attached hydrogens (primary N) is 1. The average molecular weight is 212 g/mol. The quantitative estimate of drug-likeness (QED) is 0.775. The summed E-state index contributed by atoms with van der Waals surface area (Å²) < 4.78 is 5.63. The van der Waals surface area contributed by atoms with Gasteiger partial charge in [0.15, 0.2) is 0 Å². The maximum atomic E-state index is 6.01. The first-order chi connectivity index (χ1) is 6.68. The van der Waals surface area contributed by atoms with Crippen molar-refractivity contribution in [2.24, 2.45) is 5.73 Å². The van der Waals surface area contributed by atoms with Crippen molar-refractivity contribution in [2.45, 2.75) is 25.8 Å². The van der Waals surface area contributed by atoms with E-state index in [4.69, 9.17) is 22.1 Å². The minimum Gasteiger partial charge on any atom is -0.493 e. The van der Waals surface area contributed by atoms with E-state index in [9.17, 15) is 0 Å². The maximum Gasteiger partial charge on any atom is 0.127 e. The van der Waals surface area contributed by atoms with Crippen LogP contribution in [0.25, 0.3) is 0 Å². The van der Waals surface area contributed by atoms with Crippen molar-refractivity contribution < 1.29 is 4.74 Å². The van der Waals surface area contributed by atoms with Crippen molar-refractivity contribution in [1.82, 2.24) is 0 Å². The van der Waals surface area contributed by atoms with Crippen LogP contribution in [0.15, 0.2) is 12.1 Å². The Hall–Kier alpha value is -0.730. The highest BCUT2D eigenvalue weighted by molar-refractivity contribution is 6.30. The molecule has 0 saturated heterocycles. The lowest BCUT2D eigenvalue weighted by molar-refractivity contribution is 0.284. The van der Waals surface area contributed by atoms with Crippen molar-refractivity contribution in [3.05, 3.63) is 28.3 Å². The third-order valence-corrected chi connectivity index (χ3v) is 2.70. The first kappa shape index (κ1) is 9.81. The van der Waals surface area contributed by atoms with Gasteiger partial charge in [0, 0.05) is 16.6 Å². The van der Waals surface area contributed by atoms with E-state index in [1.165, 1.54) is 5.56 Å². The Morgan fingerprint density at radius 2 is 2.29 bits per heavy atom. The molecule has 76 valence electrons. The fourth-order valence-corrected chi connectivity index (χ4v) is 2.06. The van der Waals surface area contributed by atoms with Gasteiger partial charge in [-0.05, 0) is 37.5 Å². The van der Waals surface area contributed by atoms with E-state index in [2.05, 4.69) is 0 Å². The Balaban J connectivity index is 2.52. The van der Waals surface area contributed by atoms with E-state index in [0.29, 0.717) is 0 Å². The standard InChI is InChI=1S/C11H14ClNO/c1-7(13)10-6-9(12)5-8-3-2-4-14-11(8)10/h5-7H,2-4,13H2,1H3. The normalized spacial score (nSPS) is 17.1. The first-order valence-electron chi connectivity index (χ1n) is 4.89. The molecule has 14 heavy (non-hydrogen) atoms. The van der Waals surface area contributed by atoms with Gasteiger partial charge in [0.1, 0.15) is 5.75 Å². The second-order valence-corrected chi connectivity index (χ2v) is 4.16. The number of rotatable bonds is 1. The van der Waals surface area contributed by atoms with E-state index in [1.54, 1.807) is 0 Å². The second kappa shape index (κ2) is 3.79. The van der Waals surface area contributed by atoms with Gasteiger partial charge in [-0.1, -0.05) is 11.6 Å². The lowest BCUT2D eigenvalue weighted by Crippen LogP contribution is -2.14. The summed E-state index contributed by atoms with van der Waals surface area (Å²) in [6.07, 6.45) is 2.10. The van der Waals surface area contributed by atoms with Crippen LogP contribution in [0.3, 0.4) is 0 Å². The van der Waals surface area contributed by atoms with Crippen LogP contribution in [-0.2, 0) is 6.42 Å².